The Balaban J connectivity index is 1.17. The molecule has 2 fully saturated rings. The highest BCUT2D eigenvalue weighted by molar-refractivity contribution is 6.31. The quantitative estimate of drug-likeness (QED) is 0.309. The number of fused-ring (bicyclic) bond motifs is 2. The van der Waals surface area contributed by atoms with Gasteiger partial charge in [-0.15, -0.1) is 0 Å². The van der Waals surface area contributed by atoms with E-state index >= 15 is 0 Å². The van der Waals surface area contributed by atoms with Crippen molar-refractivity contribution in [2.45, 2.75) is 51.7 Å². The number of likely N-dealkylation sites (tertiary alicyclic amines) is 2. The van der Waals surface area contributed by atoms with E-state index in [4.69, 9.17) is 25.8 Å². The van der Waals surface area contributed by atoms with Crippen LogP contribution in [0.3, 0.4) is 0 Å². The van der Waals surface area contributed by atoms with E-state index in [1.165, 1.54) is 18.5 Å². The van der Waals surface area contributed by atoms with Gasteiger partial charge in [0.2, 0.25) is 0 Å². The summed E-state index contributed by atoms with van der Waals surface area (Å²) in [4.78, 5) is 25.8. The predicted octanol–water partition coefficient (Wildman–Crippen LogP) is 6.27. The topological polar surface area (TPSA) is 89.1 Å². The first-order chi connectivity index (χ1) is 19.6. The number of benzene rings is 2. The first-order valence-electron chi connectivity index (χ1n) is 14.0. The van der Waals surface area contributed by atoms with Crippen molar-refractivity contribution in [3.05, 3.63) is 47.5 Å². The van der Waals surface area contributed by atoms with Crippen LogP contribution in [0, 0.1) is 11.7 Å². The molecule has 2 aromatic carbocycles. The van der Waals surface area contributed by atoms with Crippen molar-refractivity contribution < 1.29 is 23.4 Å². The molecular weight excluding hydrogens is 549 g/mol. The van der Waals surface area contributed by atoms with E-state index in [0.29, 0.717) is 41.0 Å². The molecule has 5 rings (SSSR count). The number of nitrogens with one attached hydrogen (secondary N) is 1. The smallest absolute Gasteiger partial charge is 0.410 e. The van der Waals surface area contributed by atoms with E-state index in [9.17, 15) is 9.18 Å². The van der Waals surface area contributed by atoms with Crippen molar-refractivity contribution in [3.63, 3.8) is 0 Å². The van der Waals surface area contributed by atoms with Crippen molar-refractivity contribution in [2.75, 3.05) is 45.2 Å². The fourth-order valence-corrected chi connectivity index (χ4v) is 5.81. The molecule has 9 nitrogen and oxygen atoms in total. The molecule has 0 bridgehead atoms. The van der Waals surface area contributed by atoms with Crippen molar-refractivity contribution >= 4 is 40.1 Å². The molecule has 1 amide bonds. The average Bonchev–Trinajstić information content (AvgIpc) is 3.35. The third-order valence-electron chi connectivity index (χ3n) is 7.53. The number of anilines is 2. The van der Waals surface area contributed by atoms with Crippen LogP contribution in [0.2, 0.25) is 5.02 Å². The van der Waals surface area contributed by atoms with Gasteiger partial charge < -0.3 is 29.3 Å². The number of amides is 1. The second kappa shape index (κ2) is 12.2. The number of carbonyl (C=O) groups excluding carboxylic acids is 1. The van der Waals surface area contributed by atoms with Gasteiger partial charge in [0.25, 0.3) is 0 Å². The van der Waals surface area contributed by atoms with Crippen LogP contribution in [-0.4, -0.2) is 77.4 Å². The number of rotatable bonds is 8. The Morgan fingerprint density at radius 1 is 1.15 bits per heavy atom. The number of halogens is 2. The second-order valence-electron chi connectivity index (χ2n) is 11.6. The number of carbonyl (C=O) groups is 1. The number of hydrogen-bond acceptors (Lipinski definition) is 8. The lowest BCUT2D eigenvalue weighted by molar-refractivity contribution is 0.0141. The lowest BCUT2D eigenvalue weighted by Crippen LogP contribution is -2.48. The Hall–Kier alpha value is -3.37. The fourth-order valence-electron chi connectivity index (χ4n) is 5.63. The third kappa shape index (κ3) is 6.93. The Labute approximate surface area is 244 Å². The number of piperidine rings is 1. The summed E-state index contributed by atoms with van der Waals surface area (Å²) in [5.41, 5.74) is 0.806. The van der Waals surface area contributed by atoms with Gasteiger partial charge in [0, 0.05) is 49.4 Å². The average molecular weight is 586 g/mol. The molecule has 3 heterocycles. The molecule has 2 atom stereocenters. The van der Waals surface area contributed by atoms with Gasteiger partial charge >= 0.3 is 6.09 Å². The zero-order chi connectivity index (χ0) is 29.1. The molecule has 1 N–H and O–H groups in total. The van der Waals surface area contributed by atoms with Gasteiger partial charge in [-0.05, 0) is 70.2 Å². The van der Waals surface area contributed by atoms with Gasteiger partial charge in [-0.25, -0.2) is 19.2 Å². The normalized spacial score (nSPS) is 19.2. The van der Waals surface area contributed by atoms with Crippen molar-refractivity contribution in [1.82, 2.24) is 19.8 Å². The second-order valence-corrected chi connectivity index (χ2v) is 12.0. The molecule has 0 radical (unpaired) electrons. The van der Waals surface area contributed by atoms with Crippen LogP contribution < -0.4 is 14.8 Å². The first kappa shape index (κ1) is 29.1. The summed E-state index contributed by atoms with van der Waals surface area (Å²) in [6, 6.07) is 8.34. The number of aromatic nitrogens is 2. The van der Waals surface area contributed by atoms with Crippen LogP contribution in [0.1, 0.15) is 40.0 Å². The maximum atomic E-state index is 13.6. The van der Waals surface area contributed by atoms with Crippen LogP contribution >= 0.6 is 11.6 Å². The van der Waals surface area contributed by atoms with E-state index in [0.717, 1.165) is 50.8 Å². The largest absolute Gasteiger partial charge is 0.493 e. The minimum Gasteiger partial charge on any atom is -0.493 e. The van der Waals surface area contributed by atoms with Gasteiger partial charge in [0.05, 0.1) is 24.3 Å². The summed E-state index contributed by atoms with van der Waals surface area (Å²) in [6.45, 7) is 9.83. The molecule has 220 valence electrons. The Kier molecular flexibility index (Phi) is 8.70. The molecule has 0 saturated carbocycles. The fraction of sp³-hybridized carbons (Fsp3) is 0.500. The highest BCUT2D eigenvalue weighted by atomic mass is 35.5. The lowest BCUT2D eigenvalue weighted by atomic mass is 9.93. The summed E-state index contributed by atoms with van der Waals surface area (Å²) in [6.07, 6.45) is 4.07. The van der Waals surface area contributed by atoms with Crippen LogP contribution in [0.25, 0.3) is 10.9 Å². The van der Waals surface area contributed by atoms with Gasteiger partial charge in [0.1, 0.15) is 23.6 Å². The van der Waals surface area contributed by atoms with Crippen molar-refractivity contribution in [1.29, 1.82) is 0 Å². The molecular formula is C30H37ClFN5O4. The molecule has 2 aliphatic heterocycles. The monoisotopic (exact) mass is 585 g/mol. The summed E-state index contributed by atoms with van der Waals surface area (Å²) in [7, 11) is 1.60. The van der Waals surface area contributed by atoms with E-state index in [2.05, 4.69) is 20.2 Å². The molecule has 0 aliphatic carbocycles. The summed E-state index contributed by atoms with van der Waals surface area (Å²) in [5, 5.41) is 3.95. The number of hydrogen-bond donors (Lipinski definition) is 1. The van der Waals surface area contributed by atoms with E-state index < -0.39 is 11.4 Å². The minimum absolute atomic E-state index is 0.0246. The molecule has 3 aromatic rings. The minimum atomic E-state index is -0.486. The van der Waals surface area contributed by atoms with E-state index in [-0.39, 0.29) is 17.2 Å². The third-order valence-corrected chi connectivity index (χ3v) is 7.82. The Bertz CT molecular complexity index is 1400. The molecule has 2 aliphatic rings. The van der Waals surface area contributed by atoms with Crippen LogP contribution in [-0.2, 0) is 4.74 Å². The Morgan fingerprint density at radius 2 is 1.98 bits per heavy atom. The molecule has 11 heteroatoms. The number of ether oxygens (including phenoxy) is 3. The van der Waals surface area contributed by atoms with Crippen LogP contribution in [0.15, 0.2) is 36.7 Å². The van der Waals surface area contributed by atoms with Gasteiger partial charge in [-0.2, -0.15) is 0 Å². The van der Waals surface area contributed by atoms with E-state index in [1.807, 2.05) is 37.8 Å². The summed E-state index contributed by atoms with van der Waals surface area (Å²) >= 11 is 5.95. The zero-order valence-electron chi connectivity index (χ0n) is 24.0. The highest BCUT2D eigenvalue weighted by Gasteiger charge is 2.41. The standard InChI is InChI=1S/C30H37ClFN5O4/c1-30(2,3)41-29(38)37-12-8-19-17-36(11-9-25(19)37)10-5-13-40-27-15-21-24(16-26(27)39-4)33-18-34-28(21)35-20-6-7-23(32)22(31)14-20/h6-7,14-16,18-19,25H,5,8-13,17H2,1-4H3,(H,33,34,35). The highest BCUT2D eigenvalue weighted by Crippen LogP contribution is 2.36. The molecule has 2 unspecified atom stereocenters. The molecule has 2 saturated heterocycles. The maximum Gasteiger partial charge on any atom is 0.410 e. The van der Waals surface area contributed by atoms with Crippen LogP contribution in [0.5, 0.6) is 11.5 Å². The summed E-state index contributed by atoms with van der Waals surface area (Å²) in [5.74, 6) is 1.71. The SMILES string of the molecule is COc1cc2ncnc(Nc3ccc(F)c(Cl)c3)c2cc1OCCCN1CCC2C(CCN2C(=O)OC(C)(C)C)C1. The van der Waals surface area contributed by atoms with Crippen molar-refractivity contribution in [3.8, 4) is 11.5 Å². The summed E-state index contributed by atoms with van der Waals surface area (Å²) < 4.78 is 31.0. The lowest BCUT2D eigenvalue weighted by Gasteiger charge is -2.38. The van der Waals surface area contributed by atoms with Gasteiger partial charge in [-0.3, -0.25) is 0 Å². The van der Waals surface area contributed by atoms with Gasteiger partial charge in [0.15, 0.2) is 11.5 Å². The molecule has 41 heavy (non-hydrogen) atoms. The van der Waals surface area contributed by atoms with Gasteiger partial charge in [-0.1, -0.05) is 11.6 Å². The number of methoxy groups -OCH3 is 1. The number of nitrogens with zero attached hydrogens (tertiary/aromatic N) is 4. The predicted molar refractivity (Wildman–Crippen MR) is 157 cm³/mol. The first-order valence-corrected chi connectivity index (χ1v) is 14.4. The molecule has 0 spiro atoms. The van der Waals surface area contributed by atoms with Crippen molar-refractivity contribution in [2.24, 2.45) is 5.92 Å². The van der Waals surface area contributed by atoms with E-state index in [1.54, 1.807) is 13.2 Å². The molecule has 1 aromatic heterocycles. The maximum absolute atomic E-state index is 13.6. The Morgan fingerprint density at radius 3 is 2.73 bits per heavy atom. The van der Waals surface area contributed by atoms with Crippen LogP contribution in [0.4, 0.5) is 20.7 Å². The zero-order valence-corrected chi connectivity index (χ0v) is 24.7.